The third-order valence-corrected chi connectivity index (χ3v) is 5.43. The Bertz CT molecular complexity index is 1240. The van der Waals surface area contributed by atoms with E-state index in [1.54, 1.807) is 4.90 Å². The van der Waals surface area contributed by atoms with Crippen molar-refractivity contribution in [1.82, 2.24) is 4.90 Å². The first-order chi connectivity index (χ1) is 15.9. The number of carbonyl (C=O) groups is 2. The van der Waals surface area contributed by atoms with Crippen LogP contribution in [0.1, 0.15) is 18.1 Å². The van der Waals surface area contributed by atoms with Gasteiger partial charge in [-0.1, -0.05) is 30.3 Å². The van der Waals surface area contributed by atoms with Gasteiger partial charge in [0.2, 0.25) is 0 Å². The van der Waals surface area contributed by atoms with Gasteiger partial charge in [0.25, 0.3) is 17.5 Å². The van der Waals surface area contributed by atoms with Crippen molar-refractivity contribution in [3.8, 4) is 0 Å². The Balaban J connectivity index is 1.83. The van der Waals surface area contributed by atoms with E-state index in [0.29, 0.717) is 18.7 Å². The van der Waals surface area contributed by atoms with Crippen LogP contribution in [0.15, 0.2) is 84.6 Å². The number of rotatable bonds is 7. The van der Waals surface area contributed by atoms with Crippen molar-refractivity contribution in [1.29, 1.82) is 0 Å². The van der Waals surface area contributed by atoms with E-state index in [1.807, 2.05) is 37.3 Å². The van der Waals surface area contributed by atoms with Crippen molar-refractivity contribution in [3.05, 3.63) is 112 Å². The van der Waals surface area contributed by atoms with Crippen LogP contribution in [0.4, 0.5) is 15.8 Å². The third-order valence-electron chi connectivity index (χ3n) is 5.43. The first-order valence-electron chi connectivity index (χ1n) is 10.3. The Labute approximate surface area is 189 Å². The number of hydrogen-bond donors (Lipinski definition) is 0. The molecule has 33 heavy (non-hydrogen) atoms. The second kappa shape index (κ2) is 9.04. The molecule has 0 N–H and O–H groups in total. The molecule has 0 aromatic heterocycles. The summed E-state index contributed by atoms with van der Waals surface area (Å²) in [4.78, 5) is 40.4. The predicted octanol–water partition coefficient (Wildman–Crippen LogP) is 4.54. The Morgan fingerprint density at radius 1 is 0.909 bits per heavy atom. The quantitative estimate of drug-likeness (QED) is 0.303. The van der Waals surface area contributed by atoms with Gasteiger partial charge in [0.15, 0.2) is 0 Å². The minimum Gasteiger partial charge on any atom is -0.362 e. The van der Waals surface area contributed by atoms with Crippen LogP contribution >= 0.6 is 0 Å². The van der Waals surface area contributed by atoms with E-state index in [4.69, 9.17) is 0 Å². The topological polar surface area (TPSA) is 83.8 Å². The molecule has 7 nitrogen and oxygen atoms in total. The summed E-state index contributed by atoms with van der Waals surface area (Å²) >= 11 is 0. The predicted molar refractivity (Wildman–Crippen MR) is 121 cm³/mol. The molecule has 0 radical (unpaired) electrons. The number of carbonyl (C=O) groups excluding carboxylic acids is 2. The number of benzene rings is 3. The number of halogens is 1. The van der Waals surface area contributed by atoms with Gasteiger partial charge in [-0.15, -0.1) is 0 Å². The Morgan fingerprint density at radius 2 is 1.55 bits per heavy atom. The zero-order chi connectivity index (χ0) is 23.5. The number of nitro benzene ring substituents is 1. The summed E-state index contributed by atoms with van der Waals surface area (Å²) in [5.41, 5.74) is 1.82. The second-order valence-corrected chi connectivity index (χ2v) is 7.45. The number of non-ortho nitro benzene ring substituents is 1. The van der Waals surface area contributed by atoms with E-state index >= 15 is 0 Å². The van der Waals surface area contributed by atoms with E-state index in [2.05, 4.69) is 0 Å². The highest BCUT2D eigenvalue weighted by Crippen LogP contribution is 2.36. The summed E-state index contributed by atoms with van der Waals surface area (Å²) in [6.07, 6.45) is 0. The van der Waals surface area contributed by atoms with Crippen LogP contribution in [0.5, 0.6) is 0 Å². The molecule has 1 aliphatic heterocycles. The Morgan fingerprint density at radius 3 is 2.12 bits per heavy atom. The summed E-state index contributed by atoms with van der Waals surface area (Å²) in [7, 11) is 0. The summed E-state index contributed by atoms with van der Waals surface area (Å²) in [6, 6.07) is 20.1. The van der Waals surface area contributed by atoms with Crippen molar-refractivity contribution in [3.63, 3.8) is 0 Å². The number of likely N-dealkylation sites (N-methyl/N-ethyl adjacent to an activating group) is 1. The second-order valence-electron chi connectivity index (χ2n) is 7.45. The molecule has 4 rings (SSSR count). The summed E-state index contributed by atoms with van der Waals surface area (Å²) in [6.45, 7) is 2.71. The Hall–Kier alpha value is -4.33. The molecule has 166 valence electrons. The number of anilines is 1. The maximum Gasteiger partial charge on any atom is 0.282 e. The van der Waals surface area contributed by atoms with Gasteiger partial charge in [0.05, 0.1) is 16.2 Å². The molecule has 0 aliphatic carbocycles. The van der Waals surface area contributed by atoms with E-state index < -0.39 is 22.6 Å². The van der Waals surface area contributed by atoms with Crippen molar-refractivity contribution in [2.24, 2.45) is 0 Å². The average molecular weight is 445 g/mol. The normalized spacial score (nSPS) is 13.6. The van der Waals surface area contributed by atoms with Gasteiger partial charge in [-0.25, -0.2) is 9.29 Å². The van der Waals surface area contributed by atoms with Crippen molar-refractivity contribution in [2.45, 2.75) is 13.5 Å². The SMILES string of the molecule is CCN(Cc1ccccc1)C1=C(c2ccc([N+](=O)[O-])cc2)C(=O)N(c2ccc(F)cc2)C1=O. The van der Waals surface area contributed by atoms with Gasteiger partial charge in [0, 0.05) is 25.2 Å². The minimum atomic E-state index is -0.568. The Kier molecular flexibility index (Phi) is 5.99. The fourth-order valence-corrected chi connectivity index (χ4v) is 3.80. The molecular weight excluding hydrogens is 425 g/mol. The molecule has 3 aromatic rings. The highest BCUT2D eigenvalue weighted by Gasteiger charge is 2.42. The van der Waals surface area contributed by atoms with Crippen LogP contribution in [0, 0.1) is 15.9 Å². The highest BCUT2D eigenvalue weighted by molar-refractivity contribution is 6.45. The number of nitro groups is 1. The minimum absolute atomic E-state index is 0.121. The fraction of sp³-hybridized carbons (Fsp3) is 0.120. The molecule has 0 unspecified atom stereocenters. The number of amides is 2. The molecule has 1 aliphatic rings. The number of imide groups is 1. The van der Waals surface area contributed by atoms with Crippen molar-refractivity contribution in [2.75, 3.05) is 11.4 Å². The molecule has 2 amide bonds. The lowest BCUT2D eigenvalue weighted by Gasteiger charge is -2.25. The zero-order valence-electron chi connectivity index (χ0n) is 17.8. The van der Waals surface area contributed by atoms with Gasteiger partial charge < -0.3 is 4.90 Å². The zero-order valence-corrected chi connectivity index (χ0v) is 17.8. The lowest BCUT2D eigenvalue weighted by molar-refractivity contribution is -0.384. The largest absolute Gasteiger partial charge is 0.362 e. The van der Waals surface area contributed by atoms with Gasteiger partial charge in [-0.3, -0.25) is 19.7 Å². The summed E-state index contributed by atoms with van der Waals surface area (Å²) in [5, 5.41) is 11.1. The van der Waals surface area contributed by atoms with E-state index in [9.17, 15) is 24.1 Å². The average Bonchev–Trinajstić information content (AvgIpc) is 3.08. The number of hydrogen-bond acceptors (Lipinski definition) is 5. The van der Waals surface area contributed by atoms with Crippen LogP contribution in [-0.4, -0.2) is 28.2 Å². The monoisotopic (exact) mass is 445 g/mol. The van der Waals surface area contributed by atoms with E-state index in [0.717, 1.165) is 10.5 Å². The molecule has 3 aromatic carbocycles. The van der Waals surface area contributed by atoms with Gasteiger partial charge >= 0.3 is 0 Å². The maximum atomic E-state index is 13.6. The van der Waals surface area contributed by atoms with Gasteiger partial charge in [-0.2, -0.15) is 0 Å². The molecule has 0 fully saturated rings. The molecular formula is C25H20FN3O4. The summed E-state index contributed by atoms with van der Waals surface area (Å²) < 4.78 is 13.5. The van der Waals surface area contributed by atoms with Crippen LogP contribution in [0.25, 0.3) is 5.57 Å². The molecule has 0 spiro atoms. The first-order valence-corrected chi connectivity index (χ1v) is 10.3. The van der Waals surface area contributed by atoms with Gasteiger partial charge in [-0.05, 0) is 54.4 Å². The molecule has 8 heteroatoms. The van der Waals surface area contributed by atoms with Crippen LogP contribution < -0.4 is 4.90 Å². The molecule has 1 heterocycles. The lowest BCUT2D eigenvalue weighted by Crippen LogP contribution is -2.35. The van der Waals surface area contributed by atoms with Crippen molar-refractivity contribution >= 4 is 28.8 Å². The number of nitrogens with zero attached hydrogens (tertiary/aromatic N) is 3. The summed E-state index contributed by atoms with van der Waals surface area (Å²) in [5.74, 6) is -1.58. The fourth-order valence-electron chi connectivity index (χ4n) is 3.80. The molecule has 0 bridgehead atoms. The molecule has 0 saturated carbocycles. The van der Waals surface area contributed by atoms with E-state index in [1.165, 1.54) is 48.5 Å². The smallest absolute Gasteiger partial charge is 0.282 e. The first kappa shape index (κ1) is 21.9. The van der Waals surface area contributed by atoms with E-state index in [-0.39, 0.29) is 22.6 Å². The van der Waals surface area contributed by atoms with Gasteiger partial charge in [0.1, 0.15) is 11.5 Å². The van der Waals surface area contributed by atoms with Crippen LogP contribution in [0.3, 0.4) is 0 Å². The van der Waals surface area contributed by atoms with Crippen LogP contribution in [-0.2, 0) is 16.1 Å². The third kappa shape index (κ3) is 4.23. The standard InChI is InChI=1S/C25H20FN3O4/c1-2-27(16-17-6-4-3-5-7-17)23-22(18-8-12-21(13-9-18)29(32)33)24(30)28(25(23)31)20-14-10-19(26)11-15-20/h3-15H,2,16H2,1H3. The highest BCUT2D eigenvalue weighted by atomic mass is 19.1. The van der Waals surface area contributed by atoms with Crippen LogP contribution in [0.2, 0.25) is 0 Å². The maximum absolute atomic E-state index is 13.6. The molecule has 0 atom stereocenters. The lowest BCUT2D eigenvalue weighted by atomic mass is 10.0. The molecule has 0 saturated heterocycles. The van der Waals surface area contributed by atoms with Crippen molar-refractivity contribution < 1.29 is 18.9 Å².